The van der Waals surface area contributed by atoms with Gasteiger partial charge in [0.1, 0.15) is 0 Å². The van der Waals surface area contributed by atoms with Gasteiger partial charge in [-0.05, 0) is 115 Å². The Morgan fingerprint density at radius 3 is 1.60 bits per heavy atom. The van der Waals surface area contributed by atoms with Crippen molar-refractivity contribution in [2.75, 3.05) is 9.80 Å². The zero-order chi connectivity index (χ0) is 45.1. The lowest BCUT2D eigenvalue weighted by atomic mass is 9.66. The molecule has 0 fully saturated rings. The summed E-state index contributed by atoms with van der Waals surface area (Å²) in [7, 11) is 0. The highest BCUT2D eigenvalue weighted by Gasteiger charge is 2.50. The van der Waals surface area contributed by atoms with E-state index in [1.807, 2.05) is 0 Å². The Bertz CT molecular complexity index is 3690. The van der Waals surface area contributed by atoms with Gasteiger partial charge in [0.15, 0.2) is 0 Å². The topological polar surface area (TPSA) is 6.48 Å². The van der Waals surface area contributed by atoms with Gasteiger partial charge in [0.05, 0.1) is 28.2 Å². The average Bonchev–Trinajstić information content (AvgIpc) is 3.69. The second-order valence-electron chi connectivity index (χ2n) is 19.1. The number of hydrogen-bond acceptors (Lipinski definition) is 2. The quantitative estimate of drug-likeness (QED) is 0.174. The van der Waals surface area contributed by atoms with Crippen LogP contribution in [0.3, 0.4) is 0 Å². The van der Waals surface area contributed by atoms with Gasteiger partial charge in [-0.1, -0.05) is 214 Å². The van der Waals surface area contributed by atoms with Crippen LogP contribution in [0.5, 0.6) is 0 Å². The number of anilines is 6. The van der Waals surface area contributed by atoms with Crippen LogP contribution < -0.4 is 9.80 Å². The molecule has 0 unspecified atom stereocenters. The van der Waals surface area contributed by atoms with Gasteiger partial charge < -0.3 is 9.80 Å². The SMILES string of the molecule is CC1(C)c2ccccc2-c2ccc(N(c3cccc4c3-c3ccccc3C43c4ccccc4C=Cc4ccccc43)c3cccc4c3N(c3ccccc3)c3ccccc3-c3ccccc3-4)cc21. The molecule has 0 saturated carbocycles. The fraction of sp³-hybridized carbons (Fsp3) is 0.0606. The zero-order valence-electron chi connectivity index (χ0n) is 38.0. The van der Waals surface area contributed by atoms with E-state index in [0.717, 1.165) is 34.1 Å². The highest BCUT2D eigenvalue weighted by Crippen LogP contribution is 2.63. The molecule has 0 bridgehead atoms. The molecule has 0 N–H and O–H groups in total. The molecule has 10 aromatic carbocycles. The van der Waals surface area contributed by atoms with Crippen molar-refractivity contribution in [3.05, 3.63) is 275 Å². The number of para-hydroxylation sites is 3. The summed E-state index contributed by atoms with van der Waals surface area (Å²) in [4.78, 5) is 5.12. The minimum Gasteiger partial charge on any atom is -0.308 e. The maximum Gasteiger partial charge on any atom is 0.0781 e. The first kappa shape index (κ1) is 38.8. The molecule has 1 heterocycles. The maximum absolute atomic E-state index is 2.60. The minimum atomic E-state index is -0.576. The maximum atomic E-state index is 2.60. The van der Waals surface area contributed by atoms with Gasteiger partial charge in [-0.25, -0.2) is 0 Å². The summed E-state index contributed by atoms with van der Waals surface area (Å²) in [6.45, 7) is 4.78. The van der Waals surface area contributed by atoms with Crippen molar-refractivity contribution < 1.29 is 0 Å². The van der Waals surface area contributed by atoms with Gasteiger partial charge in [-0.15, -0.1) is 0 Å². The van der Waals surface area contributed by atoms with Crippen LogP contribution >= 0.6 is 0 Å². The van der Waals surface area contributed by atoms with Gasteiger partial charge in [0.2, 0.25) is 0 Å². The second kappa shape index (κ2) is 14.5. The van der Waals surface area contributed by atoms with E-state index in [-0.39, 0.29) is 5.41 Å². The Hall–Kier alpha value is -8.46. The van der Waals surface area contributed by atoms with Crippen LogP contribution in [0.1, 0.15) is 58.4 Å². The van der Waals surface area contributed by atoms with Gasteiger partial charge in [0, 0.05) is 33.5 Å². The van der Waals surface area contributed by atoms with Crippen molar-refractivity contribution in [1.82, 2.24) is 0 Å². The molecular weight excluding hydrogens is 821 g/mol. The molecule has 0 saturated heterocycles. The fourth-order valence-corrected chi connectivity index (χ4v) is 12.6. The standard InChI is InChI=1S/C66H46N2/c1-65(2)56-32-15-10-26-49(56)50-41-40-46(42-59(50)65)67(62-37-18-29-52-48-25-9-8-24-47(48)51-27-12-17-35-60(51)68(64(52)62)45-22-4-3-5-23-45)61-36-19-34-58-63(61)53-28-11-16-33-57(53)66(58)54-30-13-6-20-43(54)38-39-44-21-7-14-31-55(44)66/h3-42H,1-2H3. The van der Waals surface area contributed by atoms with Gasteiger partial charge >= 0.3 is 0 Å². The van der Waals surface area contributed by atoms with E-state index in [0.29, 0.717) is 0 Å². The van der Waals surface area contributed by atoms with Crippen molar-refractivity contribution in [2.45, 2.75) is 24.7 Å². The highest BCUT2D eigenvalue weighted by atomic mass is 15.2. The summed E-state index contributed by atoms with van der Waals surface area (Å²) in [5.41, 5.74) is 26.2. The molecule has 3 aliphatic carbocycles. The van der Waals surface area contributed by atoms with Crippen LogP contribution in [-0.4, -0.2) is 0 Å². The van der Waals surface area contributed by atoms with E-state index in [2.05, 4.69) is 266 Å². The number of fused-ring (bicyclic) bond motifs is 17. The summed E-state index contributed by atoms with van der Waals surface area (Å²) >= 11 is 0. The van der Waals surface area contributed by atoms with E-state index in [4.69, 9.17) is 0 Å². The Labute approximate surface area is 398 Å². The van der Waals surface area contributed by atoms with Crippen molar-refractivity contribution in [3.63, 3.8) is 0 Å². The van der Waals surface area contributed by atoms with Crippen molar-refractivity contribution in [2.24, 2.45) is 0 Å². The Morgan fingerprint density at radius 1 is 0.353 bits per heavy atom. The van der Waals surface area contributed by atoms with Crippen LogP contribution in [0.15, 0.2) is 231 Å². The van der Waals surface area contributed by atoms with Gasteiger partial charge in [0.25, 0.3) is 0 Å². The van der Waals surface area contributed by atoms with Crippen LogP contribution in [0.2, 0.25) is 0 Å². The number of benzene rings is 10. The van der Waals surface area contributed by atoms with Crippen molar-refractivity contribution in [3.8, 4) is 44.5 Å². The number of rotatable bonds is 4. The lowest BCUT2D eigenvalue weighted by Crippen LogP contribution is -2.30. The molecule has 1 spiro atoms. The van der Waals surface area contributed by atoms with Gasteiger partial charge in [-0.3, -0.25) is 0 Å². The Balaban J connectivity index is 1.13. The van der Waals surface area contributed by atoms with Crippen molar-refractivity contribution in [1.29, 1.82) is 0 Å². The summed E-state index contributed by atoms with van der Waals surface area (Å²) in [6, 6.07) is 86.4. The van der Waals surface area contributed by atoms with Crippen molar-refractivity contribution >= 4 is 46.3 Å². The van der Waals surface area contributed by atoms with Crippen LogP contribution in [0.25, 0.3) is 56.7 Å². The van der Waals surface area contributed by atoms with E-state index in [9.17, 15) is 0 Å². The minimum absolute atomic E-state index is 0.203. The van der Waals surface area contributed by atoms with E-state index < -0.39 is 5.41 Å². The van der Waals surface area contributed by atoms with E-state index in [1.54, 1.807) is 0 Å². The lowest BCUT2D eigenvalue weighted by molar-refractivity contribution is 0.660. The molecule has 4 aliphatic rings. The first-order chi connectivity index (χ1) is 33.5. The van der Waals surface area contributed by atoms with Crippen LogP contribution in [0.4, 0.5) is 34.1 Å². The Kier molecular flexibility index (Phi) is 8.28. The first-order valence-electron chi connectivity index (χ1n) is 23.9. The predicted molar refractivity (Wildman–Crippen MR) is 284 cm³/mol. The molecular formula is C66H46N2. The largest absolute Gasteiger partial charge is 0.308 e. The molecule has 0 radical (unpaired) electrons. The molecule has 68 heavy (non-hydrogen) atoms. The smallest absolute Gasteiger partial charge is 0.0781 e. The molecule has 320 valence electrons. The molecule has 14 rings (SSSR count). The van der Waals surface area contributed by atoms with Gasteiger partial charge in [-0.2, -0.15) is 0 Å². The molecule has 10 aromatic rings. The third-order valence-corrected chi connectivity index (χ3v) is 15.4. The first-order valence-corrected chi connectivity index (χ1v) is 23.9. The average molecular weight is 867 g/mol. The van der Waals surface area contributed by atoms with E-state index in [1.165, 1.54) is 89.0 Å². The second-order valence-corrected chi connectivity index (χ2v) is 19.1. The number of nitrogens with zero attached hydrogens (tertiary/aromatic N) is 2. The Morgan fingerprint density at radius 2 is 0.868 bits per heavy atom. The normalized spacial score (nSPS) is 14.5. The fourth-order valence-electron chi connectivity index (χ4n) is 12.6. The highest BCUT2D eigenvalue weighted by molar-refractivity contribution is 6.09. The molecule has 2 heteroatoms. The summed E-state index contributed by atoms with van der Waals surface area (Å²) < 4.78 is 0. The molecule has 1 aliphatic heterocycles. The van der Waals surface area contributed by atoms with Crippen LogP contribution in [0, 0.1) is 0 Å². The lowest BCUT2D eigenvalue weighted by Gasteiger charge is -2.37. The monoisotopic (exact) mass is 866 g/mol. The predicted octanol–water partition coefficient (Wildman–Crippen LogP) is 17.4. The summed E-state index contributed by atoms with van der Waals surface area (Å²) in [5.74, 6) is 0. The van der Waals surface area contributed by atoms with E-state index >= 15 is 0 Å². The zero-order valence-corrected chi connectivity index (χ0v) is 38.0. The molecule has 0 amide bonds. The molecule has 2 nitrogen and oxygen atoms in total. The number of hydrogen-bond donors (Lipinski definition) is 0. The summed E-state index contributed by atoms with van der Waals surface area (Å²) in [6.07, 6.45) is 4.63. The third kappa shape index (κ3) is 5.23. The molecule has 0 atom stereocenters. The molecule has 0 aromatic heterocycles. The van der Waals surface area contributed by atoms with Crippen LogP contribution in [-0.2, 0) is 10.8 Å². The third-order valence-electron chi connectivity index (χ3n) is 15.4. The summed E-state index contributed by atoms with van der Waals surface area (Å²) in [5, 5.41) is 0.